The third-order valence-corrected chi connectivity index (χ3v) is 5.99. The van der Waals surface area contributed by atoms with Crippen LogP contribution in [-0.2, 0) is 6.54 Å². The summed E-state index contributed by atoms with van der Waals surface area (Å²) in [6.45, 7) is 2.56. The summed E-state index contributed by atoms with van der Waals surface area (Å²) in [7, 11) is 0. The second kappa shape index (κ2) is 9.01. The van der Waals surface area contributed by atoms with Gasteiger partial charge in [0, 0.05) is 48.7 Å². The van der Waals surface area contributed by atoms with Crippen LogP contribution in [-0.4, -0.2) is 55.4 Å². The molecule has 168 valence electrons. The average molecular weight is 444 g/mol. The number of carbonyl (C=O) groups is 1. The summed E-state index contributed by atoms with van der Waals surface area (Å²) in [6.07, 6.45) is 5.12. The number of aromatic amines is 1. The quantitative estimate of drug-likeness (QED) is 0.351. The molecule has 33 heavy (non-hydrogen) atoms. The molecule has 2 aromatic heterocycles. The van der Waals surface area contributed by atoms with Gasteiger partial charge in [-0.1, -0.05) is 6.07 Å². The first kappa shape index (κ1) is 21.1. The number of pyridine rings is 1. The second-order valence-corrected chi connectivity index (χ2v) is 8.42. The number of nitrogens with zero attached hydrogens (tertiary/aromatic N) is 3. The lowest BCUT2D eigenvalue weighted by Crippen LogP contribution is -2.35. The zero-order valence-corrected chi connectivity index (χ0v) is 18.0. The topological polar surface area (TPSA) is 114 Å². The van der Waals surface area contributed by atoms with Gasteiger partial charge in [-0.2, -0.15) is 5.10 Å². The van der Waals surface area contributed by atoms with E-state index in [4.69, 9.17) is 0 Å². The number of nitrogens with one attached hydrogen (secondary N) is 2. The summed E-state index contributed by atoms with van der Waals surface area (Å²) in [4.78, 5) is 19.6. The molecule has 1 saturated heterocycles. The lowest BCUT2D eigenvalue weighted by atomic mass is 10.0. The molecule has 0 radical (unpaired) electrons. The molecule has 0 unspecified atom stereocenters. The zero-order chi connectivity index (χ0) is 22.8. The maximum Gasteiger partial charge on any atom is 0.276 e. The minimum absolute atomic E-state index is 0.136. The third-order valence-electron chi connectivity index (χ3n) is 5.99. The van der Waals surface area contributed by atoms with Gasteiger partial charge in [-0.15, -0.1) is 0 Å². The molecule has 3 heterocycles. The van der Waals surface area contributed by atoms with E-state index in [9.17, 15) is 15.0 Å². The van der Waals surface area contributed by atoms with Crippen molar-refractivity contribution in [2.75, 3.05) is 18.4 Å². The van der Waals surface area contributed by atoms with E-state index in [0.29, 0.717) is 11.4 Å². The number of rotatable bonds is 5. The Balaban J connectivity index is 1.38. The number of hydrogen-bond acceptors (Lipinski definition) is 6. The van der Waals surface area contributed by atoms with Crippen LogP contribution in [0.2, 0.25) is 0 Å². The van der Waals surface area contributed by atoms with Crippen molar-refractivity contribution >= 4 is 22.5 Å². The molecule has 0 bridgehead atoms. The molecule has 8 nitrogen and oxygen atoms in total. The number of amides is 1. The van der Waals surface area contributed by atoms with E-state index in [1.54, 1.807) is 12.1 Å². The maximum atomic E-state index is 12.8. The molecule has 0 saturated carbocycles. The first-order valence-electron chi connectivity index (χ1n) is 11.0. The van der Waals surface area contributed by atoms with Crippen LogP contribution in [0.15, 0.2) is 60.9 Å². The summed E-state index contributed by atoms with van der Waals surface area (Å²) >= 11 is 0. The number of aliphatic hydroxyl groups excluding tert-OH is 1. The molecular formula is C25H25N5O3. The fourth-order valence-corrected chi connectivity index (χ4v) is 4.17. The van der Waals surface area contributed by atoms with Gasteiger partial charge >= 0.3 is 0 Å². The van der Waals surface area contributed by atoms with E-state index < -0.39 is 0 Å². The van der Waals surface area contributed by atoms with Crippen LogP contribution in [0.3, 0.4) is 0 Å². The smallest absolute Gasteiger partial charge is 0.276 e. The Hall–Kier alpha value is -3.75. The molecule has 5 rings (SSSR count). The van der Waals surface area contributed by atoms with Crippen LogP contribution < -0.4 is 5.32 Å². The number of anilines is 1. The molecule has 4 N–H and O–H groups in total. The van der Waals surface area contributed by atoms with Crippen molar-refractivity contribution in [3.63, 3.8) is 0 Å². The van der Waals surface area contributed by atoms with Crippen molar-refractivity contribution in [3.8, 4) is 16.9 Å². The molecule has 0 aliphatic carbocycles. The highest BCUT2D eigenvalue weighted by Crippen LogP contribution is 2.27. The number of aromatic hydroxyl groups is 1. The average Bonchev–Trinajstić information content (AvgIpc) is 3.26. The van der Waals surface area contributed by atoms with Crippen LogP contribution in [0.4, 0.5) is 5.69 Å². The molecule has 0 spiro atoms. The number of piperidine rings is 1. The number of carbonyl (C=O) groups excluding carboxylic acids is 1. The van der Waals surface area contributed by atoms with Crippen molar-refractivity contribution < 1.29 is 15.0 Å². The largest absolute Gasteiger partial charge is 0.508 e. The van der Waals surface area contributed by atoms with Gasteiger partial charge in [0.05, 0.1) is 11.6 Å². The van der Waals surface area contributed by atoms with Crippen LogP contribution in [0.1, 0.15) is 28.9 Å². The molecule has 1 fully saturated rings. The van der Waals surface area contributed by atoms with E-state index in [2.05, 4.69) is 31.5 Å². The summed E-state index contributed by atoms with van der Waals surface area (Å²) in [6, 6.07) is 14.3. The summed E-state index contributed by atoms with van der Waals surface area (Å²) in [5.74, 6) is -0.195. The number of benzene rings is 2. The fourth-order valence-electron chi connectivity index (χ4n) is 4.17. The van der Waals surface area contributed by atoms with Gasteiger partial charge in [-0.3, -0.25) is 19.8 Å². The van der Waals surface area contributed by atoms with E-state index in [1.807, 2.05) is 30.6 Å². The number of hydrogen-bond donors (Lipinski definition) is 4. The summed E-state index contributed by atoms with van der Waals surface area (Å²) in [5.41, 5.74) is 4.68. The molecule has 1 amide bonds. The number of fused-ring (bicyclic) bond motifs is 1. The molecule has 1 aliphatic heterocycles. The highest BCUT2D eigenvalue weighted by Gasteiger charge is 2.18. The number of phenolic OH excluding ortho intramolecular Hbond substituents is 1. The van der Waals surface area contributed by atoms with E-state index in [0.717, 1.165) is 60.1 Å². The van der Waals surface area contributed by atoms with E-state index >= 15 is 0 Å². The minimum Gasteiger partial charge on any atom is -0.508 e. The molecule has 2 aromatic carbocycles. The van der Waals surface area contributed by atoms with Gasteiger partial charge in [-0.05, 0) is 66.4 Å². The van der Waals surface area contributed by atoms with Crippen molar-refractivity contribution in [2.24, 2.45) is 0 Å². The van der Waals surface area contributed by atoms with Crippen molar-refractivity contribution in [1.82, 2.24) is 20.1 Å². The number of aliphatic hydroxyl groups is 1. The Labute approximate surface area is 190 Å². The van der Waals surface area contributed by atoms with Gasteiger partial charge in [0.1, 0.15) is 5.75 Å². The molecular weight excluding hydrogens is 418 g/mol. The van der Waals surface area contributed by atoms with Crippen molar-refractivity contribution in [3.05, 3.63) is 72.2 Å². The van der Waals surface area contributed by atoms with Gasteiger partial charge in [-0.25, -0.2) is 0 Å². The number of phenols is 1. The number of aromatic nitrogens is 3. The minimum atomic E-state index is -0.330. The van der Waals surface area contributed by atoms with Crippen LogP contribution in [0.5, 0.6) is 5.75 Å². The van der Waals surface area contributed by atoms with Crippen molar-refractivity contribution in [1.29, 1.82) is 0 Å². The van der Waals surface area contributed by atoms with Gasteiger partial charge in [0.25, 0.3) is 5.91 Å². The zero-order valence-electron chi connectivity index (χ0n) is 18.0. The monoisotopic (exact) mass is 443 g/mol. The Bertz CT molecular complexity index is 1280. The van der Waals surface area contributed by atoms with Crippen LogP contribution >= 0.6 is 0 Å². The standard InChI is InChI=1S/C25H25N5O3/c31-20-4-2-19(3-5-20)27-25(33)24-22-12-17(1-6-23(22)28-29-24)18-11-16(13-26-14-18)15-30-9-7-21(32)8-10-30/h1-6,11-14,21,31-32H,7-10,15H2,(H,27,33)(H,28,29). The lowest BCUT2D eigenvalue weighted by Gasteiger charge is -2.29. The summed E-state index contributed by atoms with van der Waals surface area (Å²) in [5, 5.41) is 29.8. The highest BCUT2D eigenvalue weighted by molar-refractivity contribution is 6.11. The molecule has 8 heteroatoms. The fraction of sp³-hybridized carbons (Fsp3) is 0.240. The lowest BCUT2D eigenvalue weighted by molar-refractivity contribution is 0.0792. The second-order valence-electron chi connectivity index (χ2n) is 8.42. The SMILES string of the molecule is O=C(Nc1ccc(O)cc1)c1n[nH]c2ccc(-c3cncc(CN4CCC(O)CC4)c3)cc12. The first-order chi connectivity index (χ1) is 16.0. The number of H-pyrrole nitrogens is 1. The normalized spacial score (nSPS) is 15.1. The molecule has 1 aliphatic rings. The Morgan fingerprint density at radius 1 is 1.06 bits per heavy atom. The van der Waals surface area contributed by atoms with Crippen LogP contribution in [0, 0.1) is 0 Å². The molecule has 4 aromatic rings. The third kappa shape index (κ3) is 4.72. The molecule has 0 atom stereocenters. The maximum absolute atomic E-state index is 12.8. The summed E-state index contributed by atoms with van der Waals surface area (Å²) < 4.78 is 0. The Morgan fingerprint density at radius 2 is 1.85 bits per heavy atom. The highest BCUT2D eigenvalue weighted by atomic mass is 16.3. The van der Waals surface area contributed by atoms with E-state index in [1.165, 1.54) is 12.1 Å². The Morgan fingerprint density at radius 3 is 2.64 bits per heavy atom. The van der Waals surface area contributed by atoms with Gasteiger partial charge in [0.15, 0.2) is 5.69 Å². The predicted octanol–water partition coefficient (Wildman–Crippen LogP) is 3.54. The number of likely N-dealkylation sites (tertiary alicyclic amines) is 1. The van der Waals surface area contributed by atoms with E-state index in [-0.39, 0.29) is 17.8 Å². The van der Waals surface area contributed by atoms with Gasteiger partial charge in [0.2, 0.25) is 0 Å². The van der Waals surface area contributed by atoms with Crippen molar-refractivity contribution in [2.45, 2.75) is 25.5 Å². The first-order valence-corrected chi connectivity index (χ1v) is 11.0. The Kier molecular flexibility index (Phi) is 5.77. The van der Waals surface area contributed by atoms with Gasteiger partial charge < -0.3 is 15.5 Å². The predicted molar refractivity (Wildman–Crippen MR) is 126 cm³/mol. The van der Waals surface area contributed by atoms with Crippen LogP contribution in [0.25, 0.3) is 22.0 Å².